The predicted molar refractivity (Wildman–Crippen MR) is 162 cm³/mol. The van der Waals surface area contributed by atoms with Crippen LogP contribution in [0.4, 0.5) is 0 Å². The van der Waals surface area contributed by atoms with Gasteiger partial charge in [-0.15, -0.1) is 0 Å². The second kappa shape index (κ2) is 10.0. The van der Waals surface area contributed by atoms with Crippen molar-refractivity contribution < 1.29 is 9.90 Å². The predicted octanol–water partition coefficient (Wildman–Crippen LogP) is 7.92. The highest BCUT2D eigenvalue weighted by Crippen LogP contribution is 2.37. The molecule has 0 bridgehead atoms. The van der Waals surface area contributed by atoms with E-state index in [0.717, 1.165) is 74.5 Å². The Kier molecular flexibility index (Phi) is 6.15. The normalized spacial score (nSPS) is 14.2. The third kappa shape index (κ3) is 4.38. The molecule has 0 atom stereocenters. The largest absolute Gasteiger partial charge is 0.478 e. The van der Waals surface area contributed by atoms with E-state index in [0.29, 0.717) is 6.04 Å². The molecule has 0 radical (unpaired) electrons. The lowest BCUT2D eigenvalue weighted by molar-refractivity contribution is 0.0697. The Hall–Kier alpha value is -4.78. The number of aromatic nitrogens is 5. The van der Waals surface area contributed by atoms with Crippen molar-refractivity contribution in [1.82, 2.24) is 24.3 Å². The van der Waals surface area contributed by atoms with Gasteiger partial charge < -0.3 is 9.67 Å². The summed E-state index contributed by atoms with van der Waals surface area (Å²) < 4.78 is 4.32. The molecule has 0 aliphatic heterocycles. The average Bonchev–Trinajstić information content (AvgIpc) is 3.53. The van der Waals surface area contributed by atoms with E-state index >= 15 is 0 Å². The summed E-state index contributed by atoms with van der Waals surface area (Å²) in [6.45, 7) is 4.12. The summed E-state index contributed by atoms with van der Waals surface area (Å²) in [6.07, 6.45) is 5.86. The van der Waals surface area contributed by atoms with Crippen LogP contribution in [-0.2, 0) is 0 Å². The molecule has 3 aromatic heterocycles. The van der Waals surface area contributed by atoms with E-state index in [1.54, 1.807) is 12.1 Å². The number of imidazole rings is 1. The Morgan fingerprint density at radius 2 is 1.66 bits per heavy atom. The lowest BCUT2D eigenvalue weighted by Crippen LogP contribution is -2.14. The summed E-state index contributed by atoms with van der Waals surface area (Å²) in [5.74, 6) is -0.0516. The van der Waals surface area contributed by atoms with Gasteiger partial charge in [-0.2, -0.15) is 5.10 Å². The first-order chi connectivity index (χ1) is 20.0. The molecule has 7 rings (SSSR count). The van der Waals surface area contributed by atoms with E-state index < -0.39 is 5.97 Å². The van der Waals surface area contributed by atoms with Crippen molar-refractivity contribution in [2.45, 2.75) is 52.0 Å². The number of aromatic carboxylic acids is 1. The van der Waals surface area contributed by atoms with Crippen molar-refractivity contribution in [3.05, 3.63) is 95.8 Å². The molecule has 0 amide bonds. The zero-order valence-electron chi connectivity index (χ0n) is 23.2. The van der Waals surface area contributed by atoms with Crippen LogP contribution in [0.3, 0.4) is 0 Å². The molecule has 1 N–H and O–H groups in total. The summed E-state index contributed by atoms with van der Waals surface area (Å²) in [6, 6.07) is 26.3. The van der Waals surface area contributed by atoms with Crippen molar-refractivity contribution >= 4 is 27.9 Å². The SMILES string of the molecule is Cc1nn(-c2ccccc2)c(C)c1-c1ccc2cc(-c3nc4cc(C(=O)O)ccc4n3C3CCCCC3)ccc2n1. The van der Waals surface area contributed by atoms with Gasteiger partial charge in [0.1, 0.15) is 5.82 Å². The van der Waals surface area contributed by atoms with E-state index in [2.05, 4.69) is 54.0 Å². The molecular formula is C34H31N5O2. The minimum Gasteiger partial charge on any atom is -0.478 e. The number of benzene rings is 3. The Morgan fingerprint density at radius 1 is 0.854 bits per heavy atom. The number of hydrogen-bond donors (Lipinski definition) is 1. The van der Waals surface area contributed by atoms with Crippen molar-refractivity contribution in [1.29, 1.82) is 0 Å². The molecule has 1 aliphatic carbocycles. The minimum absolute atomic E-state index is 0.258. The van der Waals surface area contributed by atoms with Crippen LogP contribution < -0.4 is 0 Å². The first-order valence-corrected chi connectivity index (χ1v) is 14.3. The monoisotopic (exact) mass is 541 g/mol. The van der Waals surface area contributed by atoms with E-state index in [1.165, 1.54) is 19.3 Å². The Balaban J connectivity index is 1.31. The molecule has 7 heteroatoms. The number of aryl methyl sites for hydroxylation is 1. The molecule has 0 unspecified atom stereocenters. The zero-order valence-corrected chi connectivity index (χ0v) is 23.2. The van der Waals surface area contributed by atoms with E-state index in [4.69, 9.17) is 15.1 Å². The van der Waals surface area contributed by atoms with Crippen LogP contribution in [0.25, 0.3) is 50.3 Å². The van der Waals surface area contributed by atoms with Crippen molar-refractivity contribution in [3.63, 3.8) is 0 Å². The van der Waals surface area contributed by atoms with Gasteiger partial charge in [0, 0.05) is 22.6 Å². The number of rotatable bonds is 5. The highest BCUT2D eigenvalue weighted by atomic mass is 16.4. The van der Waals surface area contributed by atoms with Crippen LogP contribution in [-0.4, -0.2) is 35.4 Å². The number of fused-ring (bicyclic) bond motifs is 2. The van der Waals surface area contributed by atoms with Crippen LogP contribution in [0.5, 0.6) is 0 Å². The minimum atomic E-state index is -0.937. The van der Waals surface area contributed by atoms with E-state index in [9.17, 15) is 9.90 Å². The highest BCUT2D eigenvalue weighted by Gasteiger charge is 2.23. The fourth-order valence-electron chi connectivity index (χ4n) is 6.38. The first-order valence-electron chi connectivity index (χ1n) is 14.3. The Morgan fingerprint density at radius 3 is 2.44 bits per heavy atom. The standard InChI is InChI=1S/C34H31N5O2/c1-21-32(22(2)39(37-21)27-11-7-4-8-12-27)29-17-13-23-19-24(14-16-28(23)35-29)33-36-30-20-25(34(40)41)15-18-31(30)38(33)26-9-5-3-6-10-26/h4,7-8,11-20,26H,3,5-6,9-10H2,1-2H3,(H,40,41). The number of para-hydroxylation sites is 1. The smallest absolute Gasteiger partial charge is 0.335 e. The quantitative estimate of drug-likeness (QED) is 0.240. The first kappa shape index (κ1) is 25.2. The van der Waals surface area contributed by atoms with Crippen LogP contribution >= 0.6 is 0 Å². The second-order valence-corrected chi connectivity index (χ2v) is 11.0. The van der Waals surface area contributed by atoms with Gasteiger partial charge >= 0.3 is 5.97 Å². The van der Waals surface area contributed by atoms with Crippen molar-refractivity contribution in [2.75, 3.05) is 0 Å². The van der Waals surface area contributed by atoms with Gasteiger partial charge in [0.05, 0.1) is 44.9 Å². The topological polar surface area (TPSA) is 85.8 Å². The fourth-order valence-corrected chi connectivity index (χ4v) is 6.38. The van der Waals surface area contributed by atoms with Gasteiger partial charge in [0.2, 0.25) is 0 Å². The van der Waals surface area contributed by atoms with E-state index in [1.807, 2.05) is 35.9 Å². The van der Waals surface area contributed by atoms with Gasteiger partial charge in [0.25, 0.3) is 0 Å². The van der Waals surface area contributed by atoms with Crippen LogP contribution in [0.2, 0.25) is 0 Å². The number of carboxylic acid groups (broad SMARTS) is 1. The molecule has 3 heterocycles. The molecule has 1 aliphatic rings. The lowest BCUT2D eigenvalue weighted by atomic mass is 9.94. The van der Waals surface area contributed by atoms with E-state index in [-0.39, 0.29) is 5.56 Å². The molecule has 6 aromatic rings. The van der Waals surface area contributed by atoms with Crippen LogP contribution in [0.1, 0.15) is 59.9 Å². The van der Waals surface area contributed by atoms with Crippen LogP contribution in [0.15, 0.2) is 78.9 Å². The third-order valence-corrected chi connectivity index (χ3v) is 8.37. The molecule has 204 valence electrons. The molecule has 1 fully saturated rings. The molecule has 7 nitrogen and oxygen atoms in total. The molecule has 0 spiro atoms. The summed E-state index contributed by atoms with van der Waals surface area (Å²) in [5.41, 5.74) is 8.87. The fraction of sp³-hybridized carbons (Fsp3) is 0.235. The van der Waals surface area contributed by atoms with Gasteiger partial charge in [-0.05, 0) is 81.3 Å². The summed E-state index contributed by atoms with van der Waals surface area (Å²) in [4.78, 5) is 21.7. The highest BCUT2D eigenvalue weighted by molar-refractivity contribution is 5.94. The summed E-state index contributed by atoms with van der Waals surface area (Å²) >= 11 is 0. The van der Waals surface area contributed by atoms with Crippen molar-refractivity contribution in [3.8, 4) is 28.3 Å². The third-order valence-electron chi connectivity index (χ3n) is 8.37. The number of carboxylic acids is 1. The average molecular weight is 542 g/mol. The van der Waals surface area contributed by atoms with Gasteiger partial charge in [-0.3, -0.25) is 0 Å². The molecule has 0 saturated heterocycles. The number of nitrogens with zero attached hydrogens (tertiary/aromatic N) is 5. The summed E-state index contributed by atoms with van der Waals surface area (Å²) in [7, 11) is 0. The van der Waals surface area contributed by atoms with Crippen molar-refractivity contribution in [2.24, 2.45) is 0 Å². The molecule has 1 saturated carbocycles. The molecule has 41 heavy (non-hydrogen) atoms. The van der Waals surface area contributed by atoms with Gasteiger partial charge in [0.15, 0.2) is 0 Å². The maximum atomic E-state index is 11.7. The van der Waals surface area contributed by atoms with Gasteiger partial charge in [-0.1, -0.05) is 43.5 Å². The van der Waals surface area contributed by atoms with Gasteiger partial charge in [-0.25, -0.2) is 19.4 Å². The maximum Gasteiger partial charge on any atom is 0.335 e. The number of hydrogen-bond acceptors (Lipinski definition) is 4. The second-order valence-electron chi connectivity index (χ2n) is 11.0. The maximum absolute atomic E-state index is 11.7. The van der Waals surface area contributed by atoms with Crippen LogP contribution in [0, 0.1) is 13.8 Å². The number of carbonyl (C=O) groups is 1. The molecular weight excluding hydrogens is 510 g/mol. The Labute approximate surface area is 238 Å². The Bertz CT molecular complexity index is 1930. The zero-order chi connectivity index (χ0) is 28.1. The lowest BCUT2D eigenvalue weighted by Gasteiger charge is -2.25. The summed E-state index contributed by atoms with van der Waals surface area (Å²) in [5, 5.41) is 15.4. The molecule has 3 aromatic carbocycles. The number of pyridine rings is 1.